The summed E-state index contributed by atoms with van der Waals surface area (Å²) in [5, 5.41) is 1.12. The molecule has 0 N–H and O–H groups in total. The SMILES string of the molecule is CC1CN(N=S(C)(C)=O)C(=O)O1. The molecule has 1 saturated heterocycles. The number of hydrogen-bond acceptors (Lipinski definition) is 4. The molecule has 70 valence electrons. The van der Waals surface area contributed by atoms with Gasteiger partial charge in [0, 0.05) is 12.5 Å². The highest BCUT2D eigenvalue weighted by atomic mass is 32.2. The van der Waals surface area contributed by atoms with Crippen molar-refractivity contribution in [3.63, 3.8) is 0 Å². The van der Waals surface area contributed by atoms with Crippen molar-refractivity contribution in [1.82, 2.24) is 5.01 Å². The Labute approximate surface area is 71.8 Å². The van der Waals surface area contributed by atoms with Gasteiger partial charge in [0.25, 0.3) is 0 Å². The van der Waals surface area contributed by atoms with Gasteiger partial charge in [-0.25, -0.2) is 9.00 Å². The minimum absolute atomic E-state index is 0.164. The van der Waals surface area contributed by atoms with Crippen LogP contribution in [0.15, 0.2) is 4.47 Å². The van der Waals surface area contributed by atoms with Gasteiger partial charge in [0.15, 0.2) is 0 Å². The Hall–Kier alpha value is -0.780. The molecule has 6 heteroatoms. The van der Waals surface area contributed by atoms with Crippen LogP contribution in [-0.2, 0) is 14.5 Å². The molecule has 1 atom stereocenters. The van der Waals surface area contributed by atoms with E-state index in [9.17, 15) is 9.00 Å². The summed E-state index contributed by atoms with van der Waals surface area (Å²) in [7, 11) is -2.26. The Balaban J connectivity index is 2.80. The van der Waals surface area contributed by atoms with E-state index >= 15 is 0 Å². The topological polar surface area (TPSA) is 59.0 Å². The Kier molecular flexibility index (Phi) is 2.27. The number of amides is 1. The largest absolute Gasteiger partial charge is 0.443 e. The van der Waals surface area contributed by atoms with Crippen LogP contribution in [0, 0.1) is 0 Å². The summed E-state index contributed by atoms with van der Waals surface area (Å²) in [6.45, 7) is 2.15. The Morgan fingerprint density at radius 1 is 1.67 bits per heavy atom. The predicted molar refractivity (Wildman–Crippen MR) is 45.1 cm³/mol. The second-order valence-electron chi connectivity index (χ2n) is 3.04. The smallest absolute Gasteiger partial charge is 0.431 e. The molecular weight excluding hydrogens is 180 g/mol. The lowest BCUT2D eigenvalue weighted by atomic mass is 10.4. The highest BCUT2D eigenvalue weighted by molar-refractivity contribution is 7.92. The number of ether oxygens (including phenoxy) is 1. The standard InChI is InChI=1S/C6H12N2O3S/c1-5-4-8(6(9)11-5)7-12(2,3)10/h5H,4H2,1-3H3. The normalized spacial score (nSPS) is 24.1. The fraction of sp³-hybridized carbons (Fsp3) is 0.833. The molecular formula is C6H12N2O3S. The number of nitrogens with zero attached hydrogens (tertiary/aromatic N) is 2. The first kappa shape index (κ1) is 9.31. The van der Waals surface area contributed by atoms with Crippen molar-refractivity contribution in [1.29, 1.82) is 0 Å². The van der Waals surface area contributed by atoms with Crippen LogP contribution in [0.3, 0.4) is 0 Å². The first-order valence-corrected chi connectivity index (χ1v) is 5.87. The van der Waals surface area contributed by atoms with Crippen LogP contribution < -0.4 is 0 Å². The zero-order valence-corrected chi connectivity index (χ0v) is 8.13. The average molecular weight is 192 g/mol. The molecule has 0 saturated carbocycles. The lowest BCUT2D eigenvalue weighted by Gasteiger charge is -2.04. The molecule has 0 aliphatic carbocycles. The van der Waals surface area contributed by atoms with E-state index in [0.29, 0.717) is 6.54 Å². The Morgan fingerprint density at radius 3 is 2.58 bits per heavy atom. The van der Waals surface area contributed by atoms with Crippen molar-refractivity contribution < 1.29 is 13.7 Å². The molecule has 0 bridgehead atoms. The molecule has 1 rings (SSSR count). The molecule has 0 radical (unpaired) electrons. The van der Waals surface area contributed by atoms with Crippen molar-refractivity contribution in [3.05, 3.63) is 0 Å². The summed E-state index contributed by atoms with van der Waals surface area (Å²) in [5.74, 6) is 0. The van der Waals surface area contributed by atoms with Gasteiger partial charge >= 0.3 is 6.09 Å². The molecule has 0 spiro atoms. The van der Waals surface area contributed by atoms with Crippen molar-refractivity contribution in [2.24, 2.45) is 4.47 Å². The van der Waals surface area contributed by atoms with Gasteiger partial charge in [-0.05, 0) is 6.92 Å². The first-order chi connectivity index (χ1) is 5.38. The summed E-state index contributed by atoms with van der Waals surface area (Å²) in [6, 6.07) is 0. The predicted octanol–water partition coefficient (Wildman–Crippen LogP) is 0.470. The third-order valence-corrected chi connectivity index (χ3v) is 1.83. The lowest BCUT2D eigenvalue weighted by molar-refractivity contribution is 0.139. The lowest BCUT2D eigenvalue weighted by Crippen LogP contribution is -2.20. The molecule has 1 aliphatic heterocycles. The van der Waals surface area contributed by atoms with E-state index in [1.807, 2.05) is 0 Å². The van der Waals surface area contributed by atoms with Crippen molar-refractivity contribution >= 4 is 15.8 Å². The summed E-state index contributed by atoms with van der Waals surface area (Å²) in [5.41, 5.74) is 0. The number of rotatable bonds is 1. The van der Waals surface area contributed by atoms with Crippen LogP contribution in [-0.4, -0.2) is 40.5 Å². The van der Waals surface area contributed by atoms with Crippen LogP contribution in [0.1, 0.15) is 6.92 Å². The quantitative estimate of drug-likeness (QED) is 0.606. The van der Waals surface area contributed by atoms with Gasteiger partial charge in [0.1, 0.15) is 6.10 Å². The maximum atomic E-state index is 11.2. The maximum absolute atomic E-state index is 11.2. The van der Waals surface area contributed by atoms with Gasteiger partial charge in [-0.1, -0.05) is 0 Å². The highest BCUT2D eigenvalue weighted by Gasteiger charge is 2.28. The van der Waals surface area contributed by atoms with Crippen LogP contribution >= 0.6 is 0 Å². The molecule has 0 aromatic carbocycles. The molecule has 0 aromatic heterocycles. The van der Waals surface area contributed by atoms with Gasteiger partial charge in [-0.2, -0.15) is 5.01 Å². The monoisotopic (exact) mass is 192 g/mol. The van der Waals surface area contributed by atoms with E-state index < -0.39 is 15.8 Å². The molecule has 1 heterocycles. The van der Waals surface area contributed by atoms with Crippen molar-refractivity contribution in [2.75, 3.05) is 19.1 Å². The van der Waals surface area contributed by atoms with Gasteiger partial charge in [-0.15, -0.1) is 4.47 Å². The van der Waals surface area contributed by atoms with Gasteiger partial charge < -0.3 is 4.74 Å². The average Bonchev–Trinajstić information content (AvgIpc) is 2.06. The van der Waals surface area contributed by atoms with Crippen LogP contribution in [0.25, 0.3) is 0 Å². The molecule has 5 nitrogen and oxygen atoms in total. The van der Waals surface area contributed by atoms with Gasteiger partial charge in [-0.3, -0.25) is 0 Å². The number of cyclic esters (lactones) is 1. The molecule has 1 amide bonds. The minimum atomic E-state index is -2.26. The van der Waals surface area contributed by atoms with Gasteiger partial charge in [0.2, 0.25) is 0 Å². The van der Waals surface area contributed by atoms with Crippen LogP contribution in [0.4, 0.5) is 4.79 Å². The molecule has 12 heavy (non-hydrogen) atoms. The Morgan fingerprint density at radius 2 is 2.25 bits per heavy atom. The fourth-order valence-corrected chi connectivity index (χ4v) is 1.50. The number of carbonyl (C=O) groups excluding carboxylic acids is 1. The van der Waals surface area contributed by atoms with E-state index in [0.717, 1.165) is 5.01 Å². The zero-order chi connectivity index (χ0) is 9.35. The fourth-order valence-electron chi connectivity index (χ4n) is 0.892. The summed E-state index contributed by atoms with van der Waals surface area (Å²) in [4.78, 5) is 10.9. The second-order valence-corrected chi connectivity index (χ2v) is 5.57. The molecule has 1 fully saturated rings. The number of hydrogen-bond donors (Lipinski definition) is 0. The van der Waals surface area contributed by atoms with E-state index in [1.165, 1.54) is 12.5 Å². The molecule has 1 aliphatic rings. The van der Waals surface area contributed by atoms with Crippen LogP contribution in [0.2, 0.25) is 0 Å². The Bertz CT molecular complexity index is 298. The molecule has 1 unspecified atom stereocenters. The van der Waals surface area contributed by atoms with E-state index in [1.54, 1.807) is 6.92 Å². The van der Waals surface area contributed by atoms with Crippen molar-refractivity contribution in [3.8, 4) is 0 Å². The van der Waals surface area contributed by atoms with Crippen LogP contribution in [0.5, 0.6) is 0 Å². The molecule has 0 aromatic rings. The van der Waals surface area contributed by atoms with E-state index in [-0.39, 0.29) is 6.10 Å². The first-order valence-electron chi connectivity index (χ1n) is 3.54. The zero-order valence-electron chi connectivity index (χ0n) is 7.31. The van der Waals surface area contributed by atoms with E-state index in [4.69, 9.17) is 4.74 Å². The maximum Gasteiger partial charge on any atom is 0.431 e. The third-order valence-electron chi connectivity index (χ3n) is 1.24. The van der Waals surface area contributed by atoms with Gasteiger partial charge in [0.05, 0.1) is 16.3 Å². The minimum Gasteiger partial charge on any atom is -0.443 e. The second kappa shape index (κ2) is 2.93. The third kappa shape index (κ3) is 2.37. The summed E-state index contributed by atoms with van der Waals surface area (Å²) in [6.07, 6.45) is 2.27. The summed E-state index contributed by atoms with van der Waals surface area (Å²) < 4.78 is 19.7. The summed E-state index contributed by atoms with van der Waals surface area (Å²) >= 11 is 0. The highest BCUT2D eigenvalue weighted by Crippen LogP contribution is 2.11. The van der Waals surface area contributed by atoms with Crippen molar-refractivity contribution in [2.45, 2.75) is 13.0 Å². The number of carbonyl (C=O) groups is 1. The van der Waals surface area contributed by atoms with E-state index in [2.05, 4.69) is 4.47 Å².